The van der Waals surface area contributed by atoms with Crippen LogP contribution < -0.4 is 14.2 Å². The van der Waals surface area contributed by atoms with Crippen LogP contribution in [0.25, 0.3) is 0 Å². The Morgan fingerprint density at radius 3 is 1.48 bits per heavy atom. The third kappa shape index (κ3) is 6.17. The maximum Gasteiger partial charge on any atom is 0.335 e. The van der Waals surface area contributed by atoms with Crippen LogP contribution in [0.2, 0.25) is 0 Å². The molecule has 4 aromatic carbocycles. The number of hydrogen-bond donors (Lipinski definition) is 1. The Morgan fingerprint density at radius 1 is 0.667 bits per heavy atom. The first-order chi connectivity index (χ1) is 15.9. The third-order valence-corrected chi connectivity index (χ3v) is 6.03. The van der Waals surface area contributed by atoms with Crippen LogP contribution in [0.15, 0.2) is 84.9 Å². The lowest BCUT2D eigenvalue weighted by Crippen LogP contribution is -2.01. The molecule has 4 aromatic rings. The number of hydrogen-bond acceptors (Lipinski definition) is 4. The zero-order chi connectivity index (χ0) is 23.4. The molecular weight excluding hydrogens is 646 g/mol. The highest BCUT2D eigenvalue weighted by molar-refractivity contribution is 14.1. The van der Waals surface area contributed by atoms with Gasteiger partial charge >= 0.3 is 5.97 Å². The molecule has 0 spiro atoms. The fourth-order valence-electron chi connectivity index (χ4n) is 2.94. The van der Waals surface area contributed by atoms with E-state index in [0.29, 0.717) is 17.2 Å². The number of benzene rings is 4. The molecule has 0 saturated heterocycles. The number of halogens is 2. The van der Waals surface area contributed by atoms with Gasteiger partial charge in [0.05, 0.1) is 5.56 Å². The van der Waals surface area contributed by atoms with Gasteiger partial charge in [0, 0.05) is 7.14 Å². The summed E-state index contributed by atoms with van der Waals surface area (Å²) < 4.78 is 20.4. The lowest BCUT2D eigenvalue weighted by atomic mass is 10.1. The zero-order valence-electron chi connectivity index (χ0n) is 17.4. The van der Waals surface area contributed by atoms with Crippen LogP contribution in [0.3, 0.4) is 0 Å². The second kappa shape index (κ2) is 10.4. The molecule has 166 valence electrons. The Labute approximate surface area is 218 Å². The highest BCUT2D eigenvalue weighted by atomic mass is 127. The highest BCUT2D eigenvalue weighted by Gasteiger charge is 2.21. The molecule has 0 bridgehead atoms. The standard InChI is InChI=1S/C26H18I2O5/c1-16-2-8-20(9-3-16)31-23-14-17(26(29)30)15-24(32-21-10-4-18(27)5-11-21)25(23)33-22-12-6-19(28)7-13-22/h2-15H,1H3,(H,29,30). The van der Waals surface area contributed by atoms with Crippen molar-refractivity contribution in [2.45, 2.75) is 6.92 Å². The van der Waals surface area contributed by atoms with Crippen molar-refractivity contribution in [1.82, 2.24) is 0 Å². The second-order valence-electron chi connectivity index (χ2n) is 7.13. The molecular formula is C26H18I2O5. The zero-order valence-corrected chi connectivity index (χ0v) is 21.7. The summed E-state index contributed by atoms with van der Waals surface area (Å²) in [6.07, 6.45) is 0. The molecule has 7 heteroatoms. The monoisotopic (exact) mass is 664 g/mol. The Morgan fingerprint density at radius 2 is 1.06 bits per heavy atom. The molecule has 0 radical (unpaired) electrons. The fraction of sp³-hybridized carbons (Fsp3) is 0.0385. The maximum absolute atomic E-state index is 11.9. The molecule has 0 aromatic heterocycles. The summed E-state index contributed by atoms with van der Waals surface area (Å²) in [5.74, 6) is 1.31. The van der Waals surface area contributed by atoms with Gasteiger partial charge in [-0.3, -0.25) is 0 Å². The molecule has 0 aliphatic rings. The lowest BCUT2D eigenvalue weighted by Gasteiger charge is -2.18. The van der Waals surface area contributed by atoms with Gasteiger partial charge in [0.25, 0.3) is 0 Å². The maximum atomic E-state index is 11.9. The number of carbonyl (C=O) groups is 1. The second-order valence-corrected chi connectivity index (χ2v) is 9.63. The Bertz CT molecular complexity index is 1200. The largest absolute Gasteiger partial charge is 0.478 e. The van der Waals surface area contributed by atoms with Gasteiger partial charge in [-0.2, -0.15) is 0 Å². The van der Waals surface area contributed by atoms with Crippen molar-refractivity contribution in [3.05, 3.63) is 103 Å². The Balaban J connectivity index is 1.82. The summed E-state index contributed by atoms with van der Waals surface area (Å²) in [7, 11) is 0. The first kappa shape index (κ1) is 23.4. The van der Waals surface area contributed by atoms with Gasteiger partial charge in [-0.25, -0.2) is 4.79 Å². The van der Waals surface area contributed by atoms with E-state index in [0.717, 1.165) is 12.7 Å². The van der Waals surface area contributed by atoms with Gasteiger partial charge in [0.15, 0.2) is 11.5 Å². The van der Waals surface area contributed by atoms with E-state index >= 15 is 0 Å². The predicted octanol–water partition coefficient (Wildman–Crippen LogP) is 8.28. The van der Waals surface area contributed by atoms with E-state index in [-0.39, 0.29) is 22.8 Å². The van der Waals surface area contributed by atoms with Gasteiger partial charge in [-0.15, -0.1) is 0 Å². The Hall–Kier alpha value is -2.79. The minimum Gasteiger partial charge on any atom is -0.478 e. The van der Waals surface area contributed by atoms with E-state index in [9.17, 15) is 9.90 Å². The molecule has 0 aliphatic heterocycles. The summed E-state index contributed by atoms with van der Waals surface area (Å²) in [6.45, 7) is 1.98. The van der Waals surface area contributed by atoms with E-state index in [2.05, 4.69) is 45.2 Å². The van der Waals surface area contributed by atoms with Crippen molar-refractivity contribution in [1.29, 1.82) is 0 Å². The van der Waals surface area contributed by atoms with Crippen LogP contribution in [-0.4, -0.2) is 11.1 Å². The van der Waals surface area contributed by atoms with Gasteiger partial charge in [-0.1, -0.05) is 17.7 Å². The average Bonchev–Trinajstić information content (AvgIpc) is 2.80. The summed E-state index contributed by atoms with van der Waals surface area (Å²) in [5.41, 5.74) is 1.10. The summed E-state index contributed by atoms with van der Waals surface area (Å²) >= 11 is 4.42. The van der Waals surface area contributed by atoms with Gasteiger partial charge in [-0.05, 0) is 125 Å². The van der Waals surface area contributed by atoms with Crippen LogP contribution >= 0.6 is 45.2 Å². The third-order valence-electron chi connectivity index (χ3n) is 4.59. The van der Waals surface area contributed by atoms with E-state index in [1.54, 1.807) is 0 Å². The van der Waals surface area contributed by atoms with Crippen LogP contribution in [0, 0.1) is 14.1 Å². The van der Waals surface area contributed by atoms with E-state index in [1.807, 2.05) is 79.7 Å². The highest BCUT2D eigenvalue weighted by Crippen LogP contribution is 2.45. The number of carboxylic acid groups (broad SMARTS) is 1. The summed E-state index contributed by atoms with van der Waals surface area (Å²) in [6, 6.07) is 25.3. The molecule has 0 atom stereocenters. The lowest BCUT2D eigenvalue weighted by molar-refractivity contribution is 0.0696. The molecule has 0 amide bonds. The molecule has 0 fully saturated rings. The van der Waals surface area contributed by atoms with Crippen molar-refractivity contribution in [2.75, 3.05) is 0 Å². The predicted molar refractivity (Wildman–Crippen MR) is 143 cm³/mol. The minimum atomic E-state index is -1.10. The summed E-state index contributed by atoms with van der Waals surface area (Å²) in [5, 5.41) is 9.70. The molecule has 0 aliphatic carbocycles. The Kier molecular flexibility index (Phi) is 7.39. The smallest absolute Gasteiger partial charge is 0.335 e. The minimum absolute atomic E-state index is 0.0209. The van der Waals surface area contributed by atoms with Crippen LogP contribution in [0.5, 0.6) is 34.5 Å². The number of carboxylic acids is 1. The van der Waals surface area contributed by atoms with Crippen molar-refractivity contribution < 1.29 is 24.1 Å². The quantitative estimate of drug-likeness (QED) is 0.202. The first-order valence-electron chi connectivity index (χ1n) is 9.90. The topological polar surface area (TPSA) is 65.0 Å². The van der Waals surface area contributed by atoms with Crippen molar-refractivity contribution in [3.8, 4) is 34.5 Å². The van der Waals surface area contributed by atoms with Crippen LogP contribution in [0.1, 0.15) is 15.9 Å². The van der Waals surface area contributed by atoms with Crippen LogP contribution in [0.4, 0.5) is 0 Å². The molecule has 0 unspecified atom stereocenters. The van der Waals surface area contributed by atoms with Crippen molar-refractivity contribution in [2.24, 2.45) is 0 Å². The number of aromatic carboxylic acids is 1. The van der Waals surface area contributed by atoms with Gasteiger partial charge in [0.2, 0.25) is 5.75 Å². The average molecular weight is 664 g/mol. The number of rotatable bonds is 7. The number of aryl methyl sites for hydroxylation is 1. The first-order valence-corrected chi connectivity index (χ1v) is 12.1. The normalized spacial score (nSPS) is 10.5. The summed E-state index contributed by atoms with van der Waals surface area (Å²) in [4.78, 5) is 11.9. The van der Waals surface area contributed by atoms with E-state index < -0.39 is 5.97 Å². The van der Waals surface area contributed by atoms with Gasteiger partial charge in [0.1, 0.15) is 17.2 Å². The molecule has 4 rings (SSSR count). The van der Waals surface area contributed by atoms with E-state index in [1.165, 1.54) is 12.1 Å². The van der Waals surface area contributed by atoms with Crippen LogP contribution in [-0.2, 0) is 0 Å². The number of ether oxygens (including phenoxy) is 3. The van der Waals surface area contributed by atoms with Gasteiger partial charge < -0.3 is 19.3 Å². The molecule has 0 saturated carbocycles. The molecule has 0 heterocycles. The fourth-order valence-corrected chi connectivity index (χ4v) is 3.65. The van der Waals surface area contributed by atoms with Crippen molar-refractivity contribution in [3.63, 3.8) is 0 Å². The molecule has 5 nitrogen and oxygen atoms in total. The van der Waals surface area contributed by atoms with Crippen molar-refractivity contribution >= 4 is 51.2 Å². The molecule has 33 heavy (non-hydrogen) atoms. The molecule has 1 N–H and O–H groups in total. The van der Waals surface area contributed by atoms with E-state index in [4.69, 9.17) is 14.2 Å². The SMILES string of the molecule is Cc1ccc(Oc2cc(C(=O)O)cc(Oc3ccc(I)cc3)c2Oc2ccc(I)cc2)cc1.